The number of esters is 1. The third-order valence-corrected chi connectivity index (χ3v) is 8.98. The zero-order chi connectivity index (χ0) is 19.6. The summed E-state index contributed by atoms with van der Waals surface area (Å²) in [7, 11) is 3.20. The number of nitrogens with zero attached hydrogens (tertiary/aromatic N) is 1. The minimum Gasteiger partial charge on any atom is -0.467 e. The number of methoxy groups -OCH3 is 1. The highest BCUT2D eigenvalue weighted by atomic mass is 19.1. The van der Waals surface area contributed by atoms with E-state index in [0.717, 1.165) is 38.5 Å². The summed E-state index contributed by atoms with van der Waals surface area (Å²) in [5.74, 6) is 0.693. The lowest BCUT2D eigenvalue weighted by atomic mass is 9.47. The first-order chi connectivity index (χ1) is 12.7. The largest absolute Gasteiger partial charge is 0.467 e. The first-order valence-corrected chi connectivity index (χ1v) is 10.4. The van der Waals surface area contributed by atoms with Gasteiger partial charge in [0.15, 0.2) is 0 Å². The Kier molecular flexibility index (Phi) is 4.43. The lowest BCUT2D eigenvalue weighted by Gasteiger charge is -2.60. The monoisotopic (exact) mass is 377 g/mol. The maximum atomic E-state index is 14.9. The van der Waals surface area contributed by atoms with Gasteiger partial charge in [0.1, 0.15) is 0 Å². The van der Waals surface area contributed by atoms with Crippen LogP contribution in [0.2, 0.25) is 0 Å². The Labute approximate surface area is 161 Å². The van der Waals surface area contributed by atoms with Crippen LogP contribution in [0.5, 0.6) is 0 Å². The Hall–Kier alpha value is -1.39. The molecule has 0 saturated heterocycles. The van der Waals surface area contributed by atoms with Gasteiger partial charge in [-0.1, -0.05) is 19.9 Å². The van der Waals surface area contributed by atoms with Gasteiger partial charge in [-0.3, -0.25) is 4.79 Å². The minimum absolute atomic E-state index is 0.00244. The van der Waals surface area contributed by atoms with Crippen molar-refractivity contribution in [3.63, 3.8) is 0 Å². The highest BCUT2D eigenvalue weighted by molar-refractivity contribution is 5.89. The van der Waals surface area contributed by atoms with Gasteiger partial charge < -0.3 is 9.64 Å². The van der Waals surface area contributed by atoms with Crippen LogP contribution in [0.25, 0.3) is 0 Å². The molecule has 1 amide bonds. The molecule has 3 unspecified atom stereocenters. The molecular weight excluding hydrogens is 345 g/mol. The zero-order valence-corrected chi connectivity index (χ0v) is 16.9. The van der Waals surface area contributed by atoms with Crippen molar-refractivity contribution >= 4 is 11.9 Å². The van der Waals surface area contributed by atoms with Crippen molar-refractivity contribution in [3.05, 3.63) is 12.2 Å². The molecule has 5 heteroatoms. The zero-order valence-electron chi connectivity index (χ0n) is 16.9. The van der Waals surface area contributed by atoms with Gasteiger partial charge in [0.05, 0.1) is 7.11 Å². The van der Waals surface area contributed by atoms with Crippen molar-refractivity contribution < 1.29 is 18.7 Å². The van der Waals surface area contributed by atoms with Gasteiger partial charge in [0, 0.05) is 24.4 Å². The van der Waals surface area contributed by atoms with Crippen LogP contribution in [-0.2, 0) is 14.3 Å². The van der Waals surface area contributed by atoms with Crippen molar-refractivity contribution in [3.8, 4) is 0 Å². The standard InChI is InChI=1S/C22H32FNO3/c1-21-11-9-15-13(14(21)6-7-16(21)19(23)20(26)27-4)5-8-17-22(15,2)12-10-18(25)24(17)3/h10,12-17,19H,5-9,11H2,1-4H3/t13?,14-,15?,16+,17+,19?,21-,22+/m0/s1. The van der Waals surface area contributed by atoms with Gasteiger partial charge in [-0.15, -0.1) is 0 Å². The quantitative estimate of drug-likeness (QED) is 0.689. The molecule has 4 nitrogen and oxygen atoms in total. The predicted octanol–water partition coefficient (Wildman–Crippen LogP) is 3.75. The van der Waals surface area contributed by atoms with Gasteiger partial charge in [-0.2, -0.15) is 0 Å². The van der Waals surface area contributed by atoms with Crippen LogP contribution in [0.15, 0.2) is 12.2 Å². The molecule has 0 N–H and O–H groups in total. The molecule has 0 bridgehead atoms. The number of hydrogen-bond acceptors (Lipinski definition) is 3. The summed E-state index contributed by atoms with van der Waals surface area (Å²) in [5, 5.41) is 0. The van der Waals surface area contributed by atoms with Crippen LogP contribution in [0, 0.1) is 34.5 Å². The van der Waals surface area contributed by atoms with E-state index < -0.39 is 12.1 Å². The lowest BCUT2D eigenvalue weighted by Crippen LogP contribution is -2.59. The summed E-state index contributed by atoms with van der Waals surface area (Å²) in [6.45, 7) is 4.53. The van der Waals surface area contributed by atoms with Crippen LogP contribution >= 0.6 is 0 Å². The molecule has 3 fully saturated rings. The van der Waals surface area contributed by atoms with E-state index in [4.69, 9.17) is 4.74 Å². The molecule has 1 aliphatic heterocycles. The first-order valence-electron chi connectivity index (χ1n) is 10.4. The van der Waals surface area contributed by atoms with Crippen molar-refractivity contribution in [1.82, 2.24) is 4.90 Å². The van der Waals surface area contributed by atoms with Crippen LogP contribution in [0.4, 0.5) is 4.39 Å². The summed E-state index contributed by atoms with van der Waals surface area (Å²) in [4.78, 5) is 25.9. The number of hydrogen-bond donors (Lipinski definition) is 0. The molecule has 150 valence electrons. The maximum absolute atomic E-state index is 14.9. The highest BCUT2D eigenvalue weighted by Gasteiger charge is 2.62. The fourth-order valence-corrected chi connectivity index (χ4v) is 7.54. The molecule has 0 spiro atoms. The SMILES string of the molecule is COC(=O)C(F)[C@H]1CC[C@H]2C3CC[C@H]4N(C)C(=O)C=C[C@]4(C)C3CC[C@]12C. The number of rotatable bonds is 2. The molecule has 3 aliphatic carbocycles. The van der Waals surface area contributed by atoms with E-state index in [1.165, 1.54) is 7.11 Å². The number of amides is 1. The van der Waals surface area contributed by atoms with E-state index in [9.17, 15) is 14.0 Å². The highest BCUT2D eigenvalue weighted by Crippen LogP contribution is 2.66. The fraction of sp³-hybridized carbons (Fsp3) is 0.818. The van der Waals surface area contributed by atoms with E-state index in [0.29, 0.717) is 17.8 Å². The number of halogens is 1. The van der Waals surface area contributed by atoms with E-state index in [1.54, 1.807) is 6.08 Å². The van der Waals surface area contributed by atoms with E-state index in [2.05, 4.69) is 19.9 Å². The fourth-order valence-electron chi connectivity index (χ4n) is 7.54. The average molecular weight is 378 g/mol. The second kappa shape index (κ2) is 6.31. The third kappa shape index (κ3) is 2.52. The normalized spacial score (nSPS) is 47.1. The predicted molar refractivity (Wildman–Crippen MR) is 100 cm³/mol. The van der Waals surface area contributed by atoms with Gasteiger partial charge >= 0.3 is 5.97 Å². The van der Waals surface area contributed by atoms with Crippen LogP contribution in [-0.4, -0.2) is 43.1 Å². The topological polar surface area (TPSA) is 46.6 Å². The Morgan fingerprint density at radius 2 is 1.96 bits per heavy atom. The average Bonchev–Trinajstić information content (AvgIpc) is 3.01. The molecule has 0 aromatic rings. The number of fused-ring (bicyclic) bond motifs is 5. The Bertz CT molecular complexity index is 678. The molecule has 4 aliphatic rings. The number of alkyl halides is 1. The van der Waals surface area contributed by atoms with E-state index >= 15 is 0 Å². The second-order valence-corrected chi connectivity index (χ2v) is 9.77. The molecule has 3 saturated carbocycles. The van der Waals surface area contributed by atoms with Crippen LogP contribution in [0.1, 0.15) is 52.4 Å². The van der Waals surface area contributed by atoms with Crippen molar-refractivity contribution in [2.45, 2.75) is 64.6 Å². The third-order valence-electron chi connectivity index (χ3n) is 8.98. The molecule has 1 heterocycles. The molecule has 4 rings (SSSR count). The second-order valence-electron chi connectivity index (χ2n) is 9.77. The van der Waals surface area contributed by atoms with Crippen LogP contribution < -0.4 is 0 Å². The van der Waals surface area contributed by atoms with Gasteiger partial charge in [0.2, 0.25) is 12.1 Å². The van der Waals surface area contributed by atoms with Crippen molar-refractivity contribution in [2.24, 2.45) is 34.5 Å². The molecular formula is C22H32FNO3. The van der Waals surface area contributed by atoms with Gasteiger partial charge in [-0.25, -0.2) is 9.18 Å². The number of likely N-dealkylation sites (N-methyl/N-ethyl adjacent to an activating group) is 1. The molecule has 0 aromatic heterocycles. The Balaban J connectivity index is 1.62. The number of carbonyl (C=O) groups excluding carboxylic acids is 2. The summed E-state index contributed by atoms with van der Waals surface area (Å²) in [6.07, 6.45) is 8.28. The molecule has 8 atom stereocenters. The van der Waals surface area contributed by atoms with Crippen molar-refractivity contribution in [2.75, 3.05) is 14.2 Å². The Morgan fingerprint density at radius 3 is 2.67 bits per heavy atom. The van der Waals surface area contributed by atoms with Crippen molar-refractivity contribution in [1.29, 1.82) is 0 Å². The van der Waals surface area contributed by atoms with Gasteiger partial charge in [0.25, 0.3) is 0 Å². The summed E-state index contributed by atoms with van der Waals surface area (Å²) >= 11 is 0. The number of ether oxygens (including phenoxy) is 1. The lowest BCUT2D eigenvalue weighted by molar-refractivity contribution is -0.153. The first kappa shape index (κ1) is 18.9. The van der Waals surface area contributed by atoms with E-state index in [1.807, 2.05) is 11.9 Å². The van der Waals surface area contributed by atoms with Gasteiger partial charge in [-0.05, 0) is 67.8 Å². The molecule has 27 heavy (non-hydrogen) atoms. The Morgan fingerprint density at radius 1 is 1.22 bits per heavy atom. The smallest absolute Gasteiger partial charge is 0.340 e. The minimum atomic E-state index is -1.51. The number of carbonyl (C=O) groups is 2. The van der Waals surface area contributed by atoms with E-state index in [-0.39, 0.29) is 28.7 Å². The summed E-state index contributed by atoms with van der Waals surface area (Å²) in [6, 6.07) is 0.266. The summed E-state index contributed by atoms with van der Waals surface area (Å²) < 4.78 is 19.6. The molecule has 0 radical (unpaired) electrons. The maximum Gasteiger partial charge on any atom is 0.340 e. The molecule has 0 aromatic carbocycles. The van der Waals surface area contributed by atoms with Crippen LogP contribution in [0.3, 0.4) is 0 Å². The summed E-state index contributed by atoms with van der Waals surface area (Å²) in [5.41, 5.74) is -0.124.